The van der Waals surface area contributed by atoms with Gasteiger partial charge in [0.1, 0.15) is 5.75 Å². The molecule has 2 atom stereocenters. The Balaban J connectivity index is 1.65. The molecule has 1 aromatic rings. The highest BCUT2D eigenvalue weighted by Crippen LogP contribution is 2.27. The van der Waals surface area contributed by atoms with E-state index in [9.17, 15) is 4.79 Å². The van der Waals surface area contributed by atoms with Crippen molar-refractivity contribution in [1.29, 1.82) is 0 Å². The molecule has 0 aromatic heterocycles. The van der Waals surface area contributed by atoms with E-state index in [0.29, 0.717) is 23.0 Å². The third-order valence-electron chi connectivity index (χ3n) is 4.58. The van der Waals surface area contributed by atoms with E-state index >= 15 is 0 Å². The molecule has 21 heavy (non-hydrogen) atoms. The molecule has 0 radical (unpaired) electrons. The number of nitrogens with two attached hydrogens (primary N) is 1. The fourth-order valence-electron chi connectivity index (χ4n) is 3.50. The third kappa shape index (κ3) is 3.13. The number of fused-ring (bicyclic) bond motifs is 1. The number of nitrogen functional groups attached to an aromatic ring is 1. The Morgan fingerprint density at radius 3 is 3.00 bits per heavy atom. The van der Waals surface area contributed by atoms with Crippen molar-refractivity contribution in [2.24, 2.45) is 0 Å². The number of piperidine rings is 1. The topological polar surface area (TPSA) is 67.6 Å². The minimum Gasteiger partial charge on any atom is -0.497 e. The van der Waals surface area contributed by atoms with Crippen LogP contribution in [0.4, 0.5) is 5.69 Å². The highest BCUT2D eigenvalue weighted by molar-refractivity contribution is 5.95. The first-order valence-electron chi connectivity index (χ1n) is 7.65. The van der Waals surface area contributed by atoms with Crippen molar-refractivity contribution in [2.75, 3.05) is 25.9 Å². The lowest BCUT2D eigenvalue weighted by Crippen LogP contribution is -2.47. The van der Waals surface area contributed by atoms with Crippen LogP contribution >= 0.6 is 0 Å². The molecule has 5 nitrogen and oxygen atoms in total. The smallest absolute Gasteiger partial charge is 0.251 e. The molecule has 0 aliphatic carbocycles. The van der Waals surface area contributed by atoms with Gasteiger partial charge in [0.15, 0.2) is 0 Å². The largest absolute Gasteiger partial charge is 0.497 e. The number of amides is 1. The van der Waals surface area contributed by atoms with Crippen molar-refractivity contribution in [3.8, 4) is 5.75 Å². The van der Waals surface area contributed by atoms with Crippen LogP contribution in [0.1, 0.15) is 36.0 Å². The van der Waals surface area contributed by atoms with Crippen molar-refractivity contribution < 1.29 is 9.53 Å². The Labute approximate surface area is 125 Å². The van der Waals surface area contributed by atoms with Crippen molar-refractivity contribution >= 4 is 11.6 Å². The molecule has 1 amide bonds. The van der Waals surface area contributed by atoms with E-state index in [4.69, 9.17) is 10.5 Å². The summed E-state index contributed by atoms with van der Waals surface area (Å²) in [4.78, 5) is 14.9. The maximum Gasteiger partial charge on any atom is 0.251 e. The molecule has 2 unspecified atom stereocenters. The number of anilines is 1. The number of nitrogens with one attached hydrogen (secondary N) is 1. The number of nitrogens with zero attached hydrogens (tertiary/aromatic N) is 1. The number of rotatable bonds is 3. The molecule has 2 aliphatic heterocycles. The molecule has 0 spiro atoms. The van der Waals surface area contributed by atoms with Crippen LogP contribution in [0.3, 0.4) is 0 Å². The summed E-state index contributed by atoms with van der Waals surface area (Å²) in [6, 6.07) is 6.07. The van der Waals surface area contributed by atoms with Crippen LogP contribution in [-0.4, -0.2) is 43.1 Å². The number of carbonyl (C=O) groups excluding carboxylic acids is 1. The Morgan fingerprint density at radius 2 is 2.19 bits per heavy atom. The fourth-order valence-corrected chi connectivity index (χ4v) is 3.50. The predicted octanol–water partition coefficient (Wildman–Crippen LogP) is 1.63. The highest BCUT2D eigenvalue weighted by atomic mass is 16.5. The van der Waals surface area contributed by atoms with E-state index < -0.39 is 0 Å². The first-order chi connectivity index (χ1) is 10.2. The lowest BCUT2D eigenvalue weighted by molar-refractivity contribution is 0.0896. The van der Waals surface area contributed by atoms with Gasteiger partial charge in [-0.3, -0.25) is 4.79 Å². The van der Waals surface area contributed by atoms with Crippen LogP contribution in [0, 0.1) is 0 Å². The van der Waals surface area contributed by atoms with Crippen LogP contribution in [0.25, 0.3) is 0 Å². The van der Waals surface area contributed by atoms with Crippen molar-refractivity contribution in [1.82, 2.24) is 10.2 Å². The van der Waals surface area contributed by atoms with Crippen molar-refractivity contribution in [3.05, 3.63) is 23.8 Å². The van der Waals surface area contributed by atoms with Gasteiger partial charge in [-0.15, -0.1) is 0 Å². The minimum absolute atomic E-state index is 0.0583. The molecule has 0 bridgehead atoms. The van der Waals surface area contributed by atoms with Gasteiger partial charge in [-0.05, 0) is 44.4 Å². The molecule has 2 heterocycles. The number of methoxy groups -OCH3 is 1. The first-order valence-corrected chi connectivity index (χ1v) is 7.65. The summed E-state index contributed by atoms with van der Waals surface area (Å²) in [5.41, 5.74) is 6.93. The highest BCUT2D eigenvalue weighted by Gasteiger charge is 2.32. The zero-order valence-electron chi connectivity index (χ0n) is 12.5. The molecule has 2 fully saturated rings. The van der Waals surface area contributed by atoms with Gasteiger partial charge in [0, 0.05) is 35.9 Å². The average molecular weight is 289 g/mol. The molecule has 3 rings (SSSR count). The zero-order valence-corrected chi connectivity index (χ0v) is 12.5. The maximum atomic E-state index is 12.4. The lowest BCUT2D eigenvalue weighted by atomic mass is 9.97. The molecule has 3 N–H and O–H groups in total. The summed E-state index contributed by atoms with van der Waals surface area (Å²) in [7, 11) is 1.58. The second kappa shape index (κ2) is 5.93. The first kappa shape index (κ1) is 14.2. The number of hydrogen-bond donors (Lipinski definition) is 2. The van der Waals surface area contributed by atoms with Crippen LogP contribution in [-0.2, 0) is 0 Å². The Hall–Kier alpha value is -1.75. The van der Waals surface area contributed by atoms with Crippen LogP contribution < -0.4 is 15.8 Å². The van der Waals surface area contributed by atoms with Crippen molar-refractivity contribution in [2.45, 2.75) is 37.8 Å². The molecular weight excluding hydrogens is 266 g/mol. The molecule has 2 aliphatic rings. The molecule has 1 aromatic carbocycles. The van der Waals surface area contributed by atoms with Gasteiger partial charge in [0.25, 0.3) is 5.91 Å². The minimum atomic E-state index is -0.0583. The number of ether oxygens (including phenoxy) is 1. The summed E-state index contributed by atoms with van der Waals surface area (Å²) in [6.45, 7) is 2.31. The zero-order chi connectivity index (χ0) is 14.8. The van der Waals surface area contributed by atoms with E-state index in [2.05, 4.69) is 10.2 Å². The van der Waals surface area contributed by atoms with E-state index in [1.165, 1.54) is 19.4 Å². The molecule has 0 saturated carbocycles. The summed E-state index contributed by atoms with van der Waals surface area (Å²) >= 11 is 0. The maximum absolute atomic E-state index is 12.4. The van der Waals surface area contributed by atoms with Gasteiger partial charge in [-0.2, -0.15) is 0 Å². The van der Waals surface area contributed by atoms with Crippen molar-refractivity contribution in [3.63, 3.8) is 0 Å². The standard InChI is InChI=1S/C16H23N3O2/c1-21-15-8-11(7-12(17)9-15)16(20)18-13-4-6-19-5-2-3-14(19)10-13/h7-9,13-14H,2-6,10,17H2,1H3,(H,18,20). The second-order valence-corrected chi connectivity index (χ2v) is 6.02. The quantitative estimate of drug-likeness (QED) is 0.830. The van der Waals surface area contributed by atoms with Gasteiger partial charge < -0.3 is 20.7 Å². The van der Waals surface area contributed by atoms with Gasteiger partial charge >= 0.3 is 0 Å². The second-order valence-electron chi connectivity index (χ2n) is 6.02. The summed E-state index contributed by atoms with van der Waals surface area (Å²) in [5.74, 6) is 0.558. The Morgan fingerprint density at radius 1 is 1.33 bits per heavy atom. The van der Waals surface area contributed by atoms with E-state index in [1.54, 1.807) is 25.3 Å². The monoisotopic (exact) mass is 289 g/mol. The van der Waals surface area contributed by atoms with E-state index in [0.717, 1.165) is 19.4 Å². The molecule has 5 heteroatoms. The molecule has 2 saturated heterocycles. The number of benzene rings is 1. The Bertz CT molecular complexity index is 532. The summed E-state index contributed by atoms with van der Waals surface area (Å²) in [5, 5.41) is 3.15. The lowest BCUT2D eigenvalue weighted by Gasteiger charge is -2.35. The average Bonchev–Trinajstić information content (AvgIpc) is 2.94. The molecular formula is C16H23N3O2. The van der Waals surface area contributed by atoms with E-state index in [-0.39, 0.29) is 11.9 Å². The van der Waals surface area contributed by atoms with Gasteiger partial charge in [0.05, 0.1) is 7.11 Å². The summed E-state index contributed by atoms with van der Waals surface area (Å²) < 4.78 is 5.17. The van der Waals surface area contributed by atoms with Gasteiger partial charge in [-0.1, -0.05) is 0 Å². The normalized spacial score (nSPS) is 25.4. The Kier molecular flexibility index (Phi) is 4.01. The SMILES string of the molecule is COc1cc(N)cc(C(=O)NC2CCN3CCCC3C2)c1. The van der Waals surface area contributed by atoms with Gasteiger partial charge in [0.2, 0.25) is 0 Å². The fraction of sp³-hybridized carbons (Fsp3) is 0.562. The van der Waals surface area contributed by atoms with Gasteiger partial charge in [-0.25, -0.2) is 0 Å². The van der Waals surface area contributed by atoms with Crippen LogP contribution in [0.5, 0.6) is 5.75 Å². The van der Waals surface area contributed by atoms with E-state index in [1.807, 2.05) is 0 Å². The number of carbonyl (C=O) groups is 1. The summed E-state index contributed by atoms with van der Waals surface area (Å²) in [6.07, 6.45) is 4.64. The third-order valence-corrected chi connectivity index (χ3v) is 4.58. The molecule has 114 valence electrons. The van der Waals surface area contributed by atoms with Crippen LogP contribution in [0.15, 0.2) is 18.2 Å². The van der Waals surface area contributed by atoms with Crippen LogP contribution in [0.2, 0.25) is 0 Å². The predicted molar refractivity (Wildman–Crippen MR) is 82.5 cm³/mol. The number of hydrogen-bond acceptors (Lipinski definition) is 4.